The number of anilines is 1. The van der Waals surface area contributed by atoms with Crippen LogP contribution in [0.2, 0.25) is 0 Å². The van der Waals surface area contributed by atoms with Gasteiger partial charge in [0.2, 0.25) is 11.8 Å². The third-order valence-corrected chi connectivity index (χ3v) is 5.82. The summed E-state index contributed by atoms with van der Waals surface area (Å²) in [5, 5.41) is 12.6. The van der Waals surface area contributed by atoms with E-state index in [1.54, 1.807) is 42.3 Å². The van der Waals surface area contributed by atoms with E-state index < -0.39 is 5.92 Å². The molecule has 0 aliphatic carbocycles. The minimum absolute atomic E-state index is 0.0577. The summed E-state index contributed by atoms with van der Waals surface area (Å²) in [6, 6.07) is 11.9. The molecular weight excluding hydrogens is 424 g/mol. The van der Waals surface area contributed by atoms with Crippen molar-refractivity contribution < 1.29 is 19.4 Å². The number of amides is 2. The fourth-order valence-corrected chi connectivity index (χ4v) is 3.92. The molecule has 172 valence electrons. The molecule has 2 amide bonds. The molecule has 1 saturated heterocycles. The van der Waals surface area contributed by atoms with Crippen LogP contribution in [-0.4, -0.2) is 58.2 Å². The number of ether oxygens (including phenoxy) is 1. The first-order chi connectivity index (χ1) is 15.9. The predicted molar refractivity (Wildman–Crippen MR) is 123 cm³/mol. The van der Waals surface area contributed by atoms with Gasteiger partial charge in [-0.15, -0.1) is 0 Å². The number of benzene rings is 2. The Morgan fingerprint density at radius 1 is 1.18 bits per heavy atom. The number of methoxy groups -OCH3 is 1. The summed E-state index contributed by atoms with van der Waals surface area (Å²) in [5.74, 6) is -0.567. The van der Waals surface area contributed by atoms with Gasteiger partial charge in [0, 0.05) is 32.3 Å². The van der Waals surface area contributed by atoms with Crippen molar-refractivity contribution in [2.45, 2.75) is 19.4 Å². The number of rotatable bonds is 8. The molecule has 1 fully saturated rings. The second-order valence-corrected chi connectivity index (χ2v) is 8.11. The van der Waals surface area contributed by atoms with Crippen molar-refractivity contribution in [3.05, 3.63) is 64.7 Å². The van der Waals surface area contributed by atoms with Crippen LogP contribution in [0.5, 0.6) is 5.75 Å². The first kappa shape index (κ1) is 22.5. The maximum atomic E-state index is 12.8. The van der Waals surface area contributed by atoms with Gasteiger partial charge >= 0.3 is 0 Å². The van der Waals surface area contributed by atoms with Gasteiger partial charge in [-0.05, 0) is 42.3 Å². The third kappa shape index (κ3) is 5.20. The largest absolute Gasteiger partial charge is 0.508 e. The fourth-order valence-electron chi connectivity index (χ4n) is 3.92. The lowest BCUT2D eigenvalue weighted by Crippen LogP contribution is -2.30. The van der Waals surface area contributed by atoms with Crippen LogP contribution in [0.1, 0.15) is 12.0 Å². The van der Waals surface area contributed by atoms with Crippen LogP contribution in [-0.2, 0) is 27.3 Å². The standard InChI is InChI=1S/C24H26N4O5/c1-33-11-10-28-15-25-21-7-4-18(13-20(21)24(28)32)26-23(31)17-12-22(30)27(14-17)9-8-16-2-5-19(29)6-3-16/h2-7,13,15,17,29H,8-12,14H2,1H3,(H,26,31)/t17-/m0/s1. The zero-order valence-electron chi connectivity index (χ0n) is 18.4. The summed E-state index contributed by atoms with van der Waals surface area (Å²) >= 11 is 0. The predicted octanol–water partition coefficient (Wildman–Crippen LogP) is 1.78. The van der Waals surface area contributed by atoms with E-state index in [0.717, 1.165) is 5.56 Å². The minimum Gasteiger partial charge on any atom is -0.508 e. The van der Waals surface area contributed by atoms with Crippen LogP contribution in [0.3, 0.4) is 0 Å². The molecule has 9 nitrogen and oxygen atoms in total. The van der Waals surface area contributed by atoms with Crippen molar-refractivity contribution in [1.82, 2.24) is 14.5 Å². The Bertz CT molecular complexity index is 1220. The molecule has 0 bridgehead atoms. The number of hydrogen-bond donors (Lipinski definition) is 2. The van der Waals surface area contributed by atoms with Crippen molar-refractivity contribution in [2.24, 2.45) is 5.92 Å². The monoisotopic (exact) mass is 450 g/mol. The van der Waals surface area contributed by atoms with Gasteiger partial charge in [0.1, 0.15) is 5.75 Å². The highest BCUT2D eigenvalue weighted by atomic mass is 16.5. The average Bonchev–Trinajstić information content (AvgIpc) is 3.19. The van der Waals surface area contributed by atoms with Gasteiger partial charge in [-0.2, -0.15) is 0 Å². The lowest BCUT2D eigenvalue weighted by atomic mass is 10.1. The number of phenolic OH excluding ortho intramolecular Hbond substituents is 1. The van der Waals surface area contributed by atoms with Crippen LogP contribution in [0.4, 0.5) is 5.69 Å². The first-order valence-corrected chi connectivity index (χ1v) is 10.8. The molecular formula is C24H26N4O5. The minimum atomic E-state index is -0.458. The quantitative estimate of drug-likeness (QED) is 0.541. The second-order valence-electron chi connectivity index (χ2n) is 8.11. The van der Waals surface area contributed by atoms with Gasteiger partial charge in [-0.25, -0.2) is 4.98 Å². The molecule has 1 atom stereocenters. The number of likely N-dealkylation sites (tertiary alicyclic amines) is 1. The second kappa shape index (κ2) is 9.83. The average molecular weight is 450 g/mol. The van der Waals surface area contributed by atoms with Gasteiger partial charge in [0.05, 0.1) is 36.3 Å². The Morgan fingerprint density at radius 2 is 1.97 bits per heavy atom. The van der Waals surface area contributed by atoms with E-state index in [2.05, 4.69) is 10.3 Å². The van der Waals surface area contributed by atoms with Crippen LogP contribution in [0.15, 0.2) is 53.6 Å². The normalized spacial score (nSPS) is 15.8. The molecule has 9 heteroatoms. The van der Waals surface area contributed by atoms with Crippen molar-refractivity contribution >= 4 is 28.4 Å². The summed E-state index contributed by atoms with van der Waals surface area (Å²) in [5.41, 5.74) is 1.84. The van der Waals surface area contributed by atoms with E-state index in [9.17, 15) is 19.5 Å². The molecule has 2 heterocycles. The number of carbonyl (C=O) groups excluding carboxylic acids is 2. The third-order valence-electron chi connectivity index (χ3n) is 5.82. The smallest absolute Gasteiger partial charge is 0.261 e. The molecule has 33 heavy (non-hydrogen) atoms. The summed E-state index contributed by atoms with van der Waals surface area (Å²) in [7, 11) is 1.56. The van der Waals surface area contributed by atoms with Gasteiger partial charge in [-0.3, -0.25) is 19.0 Å². The highest BCUT2D eigenvalue weighted by Gasteiger charge is 2.34. The van der Waals surface area contributed by atoms with Gasteiger partial charge in [-0.1, -0.05) is 12.1 Å². The number of aromatic nitrogens is 2. The number of nitrogens with zero attached hydrogens (tertiary/aromatic N) is 3. The lowest BCUT2D eigenvalue weighted by Gasteiger charge is -2.16. The van der Waals surface area contributed by atoms with Crippen LogP contribution in [0.25, 0.3) is 10.9 Å². The summed E-state index contributed by atoms with van der Waals surface area (Å²) in [6.07, 6.45) is 2.28. The van der Waals surface area contributed by atoms with Crippen LogP contribution in [0, 0.1) is 5.92 Å². The molecule has 1 aliphatic rings. The van der Waals surface area contributed by atoms with Gasteiger partial charge < -0.3 is 20.1 Å². The Balaban J connectivity index is 1.40. The van der Waals surface area contributed by atoms with Gasteiger partial charge in [0.25, 0.3) is 5.56 Å². The molecule has 0 radical (unpaired) electrons. The van der Waals surface area contributed by atoms with E-state index in [1.807, 2.05) is 12.1 Å². The maximum Gasteiger partial charge on any atom is 0.261 e. The molecule has 3 aromatic rings. The summed E-state index contributed by atoms with van der Waals surface area (Å²) in [4.78, 5) is 43.9. The van der Waals surface area contributed by atoms with E-state index in [0.29, 0.717) is 49.3 Å². The lowest BCUT2D eigenvalue weighted by molar-refractivity contribution is -0.128. The van der Waals surface area contributed by atoms with Crippen molar-refractivity contribution in [3.8, 4) is 5.75 Å². The topological polar surface area (TPSA) is 114 Å². The molecule has 2 aromatic carbocycles. The van der Waals surface area contributed by atoms with Crippen molar-refractivity contribution in [2.75, 3.05) is 32.1 Å². The molecule has 0 spiro atoms. The van der Waals surface area contributed by atoms with E-state index in [-0.39, 0.29) is 29.5 Å². The van der Waals surface area contributed by atoms with Gasteiger partial charge in [0.15, 0.2) is 0 Å². The molecule has 0 unspecified atom stereocenters. The zero-order chi connectivity index (χ0) is 23.4. The van der Waals surface area contributed by atoms with E-state index in [1.165, 1.54) is 10.9 Å². The summed E-state index contributed by atoms with van der Waals surface area (Å²) in [6.45, 7) is 1.64. The number of phenols is 1. The number of carbonyl (C=O) groups is 2. The Hall–Kier alpha value is -3.72. The van der Waals surface area contributed by atoms with E-state index in [4.69, 9.17) is 4.74 Å². The highest BCUT2D eigenvalue weighted by molar-refractivity contribution is 5.98. The summed E-state index contributed by atoms with van der Waals surface area (Å²) < 4.78 is 6.50. The highest BCUT2D eigenvalue weighted by Crippen LogP contribution is 2.22. The number of hydrogen-bond acceptors (Lipinski definition) is 6. The molecule has 1 aliphatic heterocycles. The molecule has 4 rings (SSSR count). The van der Waals surface area contributed by atoms with Crippen LogP contribution >= 0.6 is 0 Å². The van der Waals surface area contributed by atoms with Crippen molar-refractivity contribution in [3.63, 3.8) is 0 Å². The van der Waals surface area contributed by atoms with Crippen molar-refractivity contribution in [1.29, 1.82) is 0 Å². The number of nitrogens with one attached hydrogen (secondary N) is 1. The SMILES string of the molecule is COCCn1cnc2ccc(NC(=O)[C@H]3CC(=O)N(CCc4ccc(O)cc4)C3)cc2c1=O. The first-order valence-electron chi connectivity index (χ1n) is 10.8. The molecule has 0 saturated carbocycles. The fraction of sp³-hybridized carbons (Fsp3) is 0.333. The Labute approximate surface area is 190 Å². The molecule has 1 aromatic heterocycles. The zero-order valence-corrected chi connectivity index (χ0v) is 18.4. The molecule has 2 N–H and O–H groups in total. The Morgan fingerprint density at radius 3 is 2.73 bits per heavy atom. The Kier molecular flexibility index (Phi) is 6.69. The van der Waals surface area contributed by atoms with Crippen LogP contribution < -0.4 is 10.9 Å². The number of fused-ring (bicyclic) bond motifs is 1. The maximum absolute atomic E-state index is 12.8. The van der Waals surface area contributed by atoms with E-state index >= 15 is 0 Å². The number of aromatic hydroxyl groups is 1.